The Morgan fingerprint density at radius 3 is 2.60 bits per heavy atom. The van der Waals surface area contributed by atoms with Gasteiger partial charge in [0, 0.05) is 28.7 Å². The summed E-state index contributed by atoms with van der Waals surface area (Å²) in [6.07, 6.45) is 4.08. The molecule has 4 heteroatoms. The highest BCUT2D eigenvalue weighted by molar-refractivity contribution is 9.10. The second kappa shape index (κ2) is 6.72. The highest BCUT2D eigenvalue weighted by Crippen LogP contribution is 2.26. The number of carbonyl (C=O) groups is 1. The summed E-state index contributed by atoms with van der Waals surface area (Å²) in [4.78, 5) is 14.8. The Balaban J connectivity index is 2.19. The Labute approximate surface area is 129 Å². The number of hydrogen-bond acceptors (Lipinski definition) is 2. The molecule has 1 fully saturated rings. The molecule has 1 saturated carbocycles. The third-order valence-electron chi connectivity index (χ3n) is 4.28. The number of nitrogens with zero attached hydrogens (tertiary/aromatic N) is 1. The van der Waals surface area contributed by atoms with Gasteiger partial charge in [0.05, 0.1) is 0 Å². The minimum Gasteiger partial charge on any atom is -0.336 e. The van der Waals surface area contributed by atoms with Crippen molar-refractivity contribution in [2.45, 2.75) is 51.6 Å². The lowest BCUT2D eigenvalue weighted by Crippen LogP contribution is -2.44. The van der Waals surface area contributed by atoms with Crippen molar-refractivity contribution in [3.8, 4) is 0 Å². The van der Waals surface area contributed by atoms with Crippen molar-refractivity contribution in [1.29, 1.82) is 0 Å². The maximum Gasteiger partial charge on any atom is 0.254 e. The summed E-state index contributed by atoms with van der Waals surface area (Å²) in [6, 6.07) is 6.47. The molecule has 0 aliphatic heterocycles. The van der Waals surface area contributed by atoms with Crippen molar-refractivity contribution in [3.63, 3.8) is 0 Å². The van der Waals surface area contributed by atoms with Crippen LogP contribution in [0, 0.1) is 6.92 Å². The van der Waals surface area contributed by atoms with Gasteiger partial charge in [-0.05, 0) is 57.2 Å². The van der Waals surface area contributed by atoms with Crippen molar-refractivity contribution < 1.29 is 4.79 Å². The fourth-order valence-electron chi connectivity index (χ4n) is 2.97. The predicted molar refractivity (Wildman–Crippen MR) is 85.8 cm³/mol. The van der Waals surface area contributed by atoms with E-state index in [1.807, 2.05) is 30.0 Å². The average Bonchev–Trinajstić information content (AvgIpc) is 2.44. The van der Waals surface area contributed by atoms with E-state index in [4.69, 9.17) is 5.73 Å². The number of amides is 1. The molecule has 2 N–H and O–H groups in total. The molecule has 0 atom stereocenters. The molecule has 1 aromatic rings. The molecule has 3 nitrogen and oxygen atoms in total. The van der Waals surface area contributed by atoms with E-state index in [1.165, 1.54) is 0 Å². The normalized spacial score (nSPS) is 22.6. The van der Waals surface area contributed by atoms with Crippen LogP contribution in [-0.2, 0) is 0 Å². The zero-order valence-corrected chi connectivity index (χ0v) is 13.8. The quantitative estimate of drug-likeness (QED) is 0.916. The topological polar surface area (TPSA) is 46.3 Å². The van der Waals surface area contributed by atoms with Gasteiger partial charge in [0.15, 0.2) is 0 Å². The fraction of sp³-hybridized carbons (Fsp3) is 0.562. The predicted octanol–water partition coefficient (Wildman–Crippen LogP) is 3.49. The number of hydrogen-bond donors (Lipinski definition) is 1. The summed E-state index contributed by atoms with van der Waals surface area (Å²) in [5, 5.41) is 0. The Bertz CT molecular complexity index is 481. The molecule has 1 aliphatic rings. The Hall–Kier alpha value is -0.870. The molecule has 0 heterocycles. The number of rotatable bonds is 3. The minimum absolute atomic E-state index is 0.145. The second-order valence-electron chi connectivity index (χ2n) is 5.57. The maximum atomic E-state index is 12.8. The first-order valence-electron chi connectivity index (χ1n) is 7.36. The molecule has 0 aromatic heterocycles. The summed E-state index contributed by atoms with van der Waals surface area (Å²) < 4.78 is 0.991. The van der Waals surface area contributed by atoms with E-state index in [0.717, 1.165) is 47.8 Å². The molecule has 0 radical (unpaired) electrons. The van der Waals surface area contributed by atoms with Gasteiger partial charge in [-0.3, -0.25) is 4.79 Å². The Morgan fingerprint density at radius 2 is 2.00 bits per heavy atom. The minimum atomic E-state index is 0.145. The van der Waals surface area contributed by atoms with Crippen LogP contribution < -0.4 is 5.73 Å². The SMILES string of the molecule is CCN(C(=O)c1cccc(Br)c1C)C1CCC(N)CC1. The van der Waals surface area contributed by atoms with E-state index in [1.54, 1.807) is 0 Å². The van der Waals surface area contributed by atoms with E-state index in [9.17, 15) is 4.79 Å². The van der Waals surface area contributed by atoms with Crippen LogP contribution in [0.15, 0.2) is 22.7 Å². The standard InChI is InChI=1S/C16H23BrN2O/c1-3-19(13-9-7-12(18)8-10-13)16(20)14-5-4-6-15(17)11(14)2/h4-6,12-13H,3,7-10,18H2,1-2H3. The van der Waals surface area contributed by atoms with Crippen molar-refractivity contribution in [2.75, 3.05) is 6.54 Å². The monoisotopic (exact) mass is 338 g/mol. The largest absolute Gasteiger partial charge is 0.336 e. The van der Waals surface area contributed by atoms with Crippen LogP contribution in [0.5, 0.6) is 0 Å². The van der Waals surface area contributed by atoms with Gasteiger partial charge < -0.3 is 10.6 Å². The third kappa shape index (κ3) is 3.23. The van der Waals surface area contributed by atoms with E-state index in [2.05, 4.69) is 22.9 Å². The van der Waals surface area contributed by atoms with Crippen molar-refractivity contribution in [2.24, 2.45) is 5.73 Å². The van der Waals surface area contributed by atoms with Gasteiger partial charge in [0.25, 0.3) is 5.91 Å². The third-order valence-corrected chi connectivity index (χ3v) is 5.14. The van der Waals surface area contributed by atoms with Gasteiger partial charge >= 0.3 is 0 Å². The van der Waals surface area contributed by atoms with E-state index < -0.39 is 0 Å². The number of nitrogens with two attached hydrogens (primary N) is 1. The van der Waals surface area contributed by atoms with E-state index in [0.29, 0.717) is 12.1 Å². The van der Waals surface area contributed by atoms with E-state index in [-0.39, 0.29) is 5.91 Å². The summed E-state index contributed by atoms with van der Waals surface area (Å²) in [6.45, 7) is 4.80. The van der Waals surface area contributed by atoms with Crippen molar-refractivity contribution >= 4 is 21.8 Å². The van der Waals surface area contributed by atoms with Crippen molar-refractivity contribution in [1.82, 2.24) is 4.90 Å². The molecule has 110 valence electrons. The molecule has 0 spiro atoms. The molecular weight excluding hydrogens is 316 g/mol. The molecule has 2 rings (SSSR count). The van der Waals surface area contributed by atoms with Crippen LogP contribution in [0.3, 0.4) is 0 Å². The summed E-state index contributed by atoms with van der Waals surface area (Å²) >= 11 is 3.50. The van der Waals surface area contributed by atoms with Gasteiger partial charge in [-0.1, -0.05) is 22.0 Å². The first-order chi connectivity index (χ1) is 9.54. The smallest absolute Gasteiger partial charge is 0.254 e. The lowest BCUT2D eigenvalue weighted by Gasteiger charge is -2.35. The highest BCUT2D eigenvalue weighted by atomic mass is 79.9. The van der Waals surface area contributed by atoms with Crippen molar-refractivity contribution in [3.05, 3.63) is 33.8 Å². The number of benzene rings is 1. The van der Waals surface area contributed by atoms with E-state index >= 15 is 0 Å². The number of halogens is 1. The van der Waals surface area contributed by atoms with Gasteiger partial charge in [-0.2, -0.15) is 0 Å². The van der Waals surface area contributed by atoms with Crippen LogP contribution in [0.2, 0.25) is 0 Å². The molecule has 0 bridgehead atoms. The second-order valence-corrected chi connectivity index (χ2v) is 6.43. The molecule has 1 aliphatic carbocycles. The molecular formula is C16H23BrN2O. The van der Waals surface area contributed by atoms with Gasteiger partial charge in [-0.25, -0.2) is 0 Å². The van der Waals surface area contributed by atoms with Crippen LogP contribution in [0.4, 0.5) is 0 Å². The summed E-state index contributed by atoms with van der Waals surface area (Å²) in [5.41, 5.74) is 7.78. The summed E-state index contributed by atoms with van der Waals surface area (Å²) in [7, 11) is 0. The molecule has 1 aromatic carbocycles. The van der Waals surface area contributed by atoms with Crippen LogP contribution in [0.1, 0.15) is 48.5 Å². The molecule has 0 saturated heterocycles. The summed E-state index contributed by atoms with van der Waals surface area (Å²) in [5.74, 6) is 0.145. The Morgan fingerprint density at radius 1 is 1.35 bits per heavy atom. The average molecular weight is 339 g/mol. The number of carbonyl (C=O) groups excluding carboxylic acids is 1. The molecule has 1 amide bonds. The van der Waals surface area contributed by atoms with Crippen LogP contribution >= 0.6 is 15.9 Å². The molecule has 20 heavy (non-hydrogen) atoms. The zero-order chi connectivity index (χ0) is 14.7. The zero-order valence-electron chi connectivity index (χ0n) is 12.2. The van der Waals surface area contributed by atoms with Gasteiger partial charge in [-0.15, -0.1) is 0 Å². The highest BCUT2D eigenvalue weighted by Gasteiger charge is 2.28. The lowest BCUT2D eigenvalue weighted by molar-refractivity contribution is 0.0640. The lowest BCUT2D eigenvalue weighted by atomic mass is 9.90. The Kier molecular flexibility index (Phi) is 5.22. The first-order valence-corrected chi connectivity index (χ1v) is 8.15. The molecule has 0 unspecified atom stereocenters. The van der Waals surface area contributed by atoms with Crippen LogP contribution in [0.25, 0.3) is 0 Å². The van der Waals surface area contributed by atoms with Crippen LogP contribution in [-0.4, -0.2) is 29.4 Å². The van der Waals surface area contributed by atoms with Gasteiger partial charge in [0.2, 0.25) is 0 Å². The fourth-order valence-corrected chi connectivity index (χ4v) is 3.34. The maximum absolute atomic E-state index is 12.8. The first kappa shape index (κ1) is 15.5. The van der Waals surface area contributed by atoms with Gasteiger partial charge in [0.1, 0.15) is 0 Å².